The molecule has 0 saturated carbocycles. The average Bonchev–Trinajstić information content (AvgIpc) is 2.68. The summed E-state index contributed by atoms with van der Waals surface area (Å²) >= 11 is 0. The van der Waals surface area contributed by atoms with Crippen LogP contribution < -0.4 is 15.1 Å². The molecule has 150 valence electrons. The number of rotatable bonds is 8. The summed E-state index contributed by atoms with van der Waals surface area (Å²) in [5.41, 5.74) is 4.86. The van der Waals surface area contributed by atoms with Crippen LogP contribution in [0.3, 0.4) is 0 Å². The Labute approximate surface area is 168 Å². The minimum absolute atomic E-state index is 0.0454. The summed E-state index contributed by atoms with van der Waals surface area (Å²) in [6.45, 7) is 12.5. The maximum atomic E-state index is 12.4. The molecule has 0 fully saturated rings. The molecule has 0 aliphatic heterocycles. The predicted molar refractivity (Wildman–Crippen MR) is 116 cm³/mol. The number of carbonyl (C=O) groups is 2. The number of nitrogens with zero attached hydrogens (tertiary/aromatic N) is 2. The smallest absolute Gasteiger partial charge is 0.251 e. The van der Waals surface area contributed by atoms with Gasteiger partial charge >= 0.3 is 0 Å². The van der Waals surface area contributed by atoms with E-state index in [9.17, 15) is 9.59 Å². The van der Waals surface area contributed by atoms with Crippen molar-refractivity contribution in [3.05, 3.63) is 59.2 Å². The molecule has 0 unspecified atom stereocenters. The minimum Gasteiger partial charge on any atom is -0.372 e. The Bertz CT molecular complexity index is 811. The molecule has 2 amide bonds. The number of aryl methyl sites for hydroxylation is 2. The minimum atomic E-state index is -0.122. The summed E-state index contributed by atoms with van der Waals surface area (Å²) in [5, 5.41) is 2.91. The van der Waals surface area contributed by atoms with Crippen molar-refractivity contribution in [3.63, 3.8) is 0 Å². The van der Waals surface area contributed by atoms with Gasteiger partial charge in [-0.1, -0.05) is 6.07 Å². The van der Waals surface area contributed by atoms with Crippen molar-refractivity contribution in [2.75, 3.05) is 36.0 Å². The van der Waals surface area contributed by atoms with E-state index in [1.165, 1.54) is 0 Å². The molecular weight excluding hydrogens is 350 g/mol. The Morgan fingerprint density at radius 3 is 2.04 bits per heavy atom. The molecule has 0 saturated heterocycles. The molecule has 0 atom stereocenters. The van der Waals surface area contributed by atoms with Gasteiger partial charge in [0.05, 0.1) is 0 Å². The lowest BCUT2D eigenvalue weighted by Gasteiger charge is -2.24. The van der Waals surface area contributed by atoms with Crippen molar-refractivity contribution >= 4 is 23.2 Å². The van der Waals surface area contributed by atoms with Gasteiger partial charge in [-0.25, -0.2) is 0 Å². The van der Waals surface area contributed by atoms with Crippen LogP contribution in [0.1, 0.15) is 42.3 Å². The zero-order valence-corrected chi connectivity index (χ0v) is 17.6. The van der Waals surface area contributed by atoms with Crippen LogP contribution in [0.5, 0.6) is 0 Å². The van der Waals surface area contributed by atoms with Crippen molar-refractivity contribution in [3.8, 4) is 0 Å². The third-order valence-electron chi connectivity index (χ3n) is 5.06. The van der Waals surface area contributed by atoms with E-state index in [2.05, 4.69) is 24.1 Å². The fraction of sp³-hybridized carbons (Fsp3) is 0.391. The van der Waals surface area contributed by atoms with Crippen LogP contribution in [0.2, 0.25) is 0 Å². The molecule has 0 heterocycles. The fourth-order valence-electron chi connectivity index (χ4n) is 3.17. The summed E-state index contributed by atoms with van der Waals surface area (Å²) in [4.78, 5) is 28.4. The topological polar surface area (TPSA) is 52.6 Å². The molecule has 2 aromatic carbocycles. The van der Waals surface area contributed by atoms with E-state index in [0.717, 1.165) is 35.6 Å². The first-order valence-corrected chi connectivity index (χ1v) is 9.85. The van der Waals surface area contributed by atoms with Crippen LogP contribution in [0.25, 0.3) is 0 Å². The highest BCUT2D eigenvalue weighted by atomic mass is 16.2. The van der Waals surface area contributed by atoms with Crippen LogP contribution in [0, 0.1) is 13.8 Å². The molecule has 2 rings (SSSR count). The molecule has 0 radical (unpaired) electrons. The Morgan fingerprint density at radius 2 is 1.50 bits per heavy atom. The summed E-state index contributed by atoms with van der Waals surface area (Å²) in [5.74, 6) is -0.167. The van der Waals surface area contributed by atoms with E-state index in [1.807, 2.05) is 56.3 Å². The van der Waals surface area contributed by atoms with Crippen molar-refractivity contribution in [2.24, 2.45) is 0 Å². The first-order valence-electron chi connectivity index (χ1n) is 9.85. The molecule has 5 heteroatoms. The normalized spacial score (nSPS) is 10.5. The molecule has 0 spiro atoms. The van der Waals surface area contributed by atoms with Crippen molar-refractivity contribution < 1.29 is 9.59 Å². The van der Waals surface area contributed by atoms with Gasteiger partial charge in [0, 0.05) is 50.0 Å². The van der Waals surface area contributed by atoms with Crippen LogP contribution >= 0.6 is 0 Å². The van der Waals surface area contributed by atoms with E-state index in [-0.39, 0.29) is 11.8 Å². The number of amides is 2. The molecule has 0 aliphatic carbocycles. The van der Waals surface area contributed by atoms with E-state index in [0.29, 0.717) is 18.7 Å². The van der Waals surface area contributed by atoms with Gasteiger partial charge in [-0.05, 0) is 75.2 Å². The number of hydrogen-bond acceptors (Lipinski definition) is 3. The highest BCUT2D eigenvalue weighted by Crippen LogP contribution is 2.21. The van der Waals surface area contributed by atoms with Gasteiger partial charge in [-0.3, -0.25) is 9.59 Å². The van der Waals surface area contributed by atoms with Crippen LogP contribution in [0.4, 0.5) is 11.4 Å². The molecular formula is C23H31N3O2. The molecule has 28 heavy (non-hydrogen) atoms. The van der Waals surface area contributed by atoms with Crippen LogP contribution in [0.15, 0.2) is 42.5 Å². The maximum Gasteiger partial charge on any atom is 0.251 e. The Hall–Kier alpha value is -2.82. The van der Waals surface area contributed by atoms with Gasteiger partial charge in [-0.2, -0.15) is 0 Å². The SMILES string of the molecule is CCN(CC)c1ccc(N(CCNC(=O)c2ccc(C)c(C)c2)C(C)=O)cc1. The monoisotopic (exact) mass is 381 g/mol. The molecule has 2 aromatic rings. The second-order valence-corrected chi connectivity index (χ2v) is 6.91. The number of benzene rings is 2. The first-order chi connectivity index (χ1) is 13.4. The van der Waals surface area contributed by atoms with Gasteiger partial charge in [0.2, 0.25) is 5.91 Å². The van der Waals surface area contributed by atoms with E-state index < -0.39 is 0 Å². The standard InChI is InChI=1S/C23H31N3O2/c1-6-25(7-2)21-10-12-22(13-11-21)26(19(5)27)15-14-24-23(28)20-9-8-17(3)18(4)16-20/h8-13,16H,6-7,14-15H2,1-5H3,(H,24,28). The van der Waals surface area contributed by atoms with Crippen molar-refractivity contribution in [1.82, 2.24) is 5.32 Å². The van der Waals surface area contributed by atoms with Crippen molar-refractivity contribution in [1.29, 1.82) is 0 Å². The molecule has 0 aromatic heterocycles. The highest BCUT2D eigenvalue weighted by Gasteiger charge is 2.13. The Balaban J connectivity index is 2.00. The predicted octanol–water partition coefficient (Wildman–Crippen LogP) is 3.93. The summed E-state index contributed by atoms with van der Waals surface area (Å²) < 4.78 is 0. The van der Waals surface area contributed by atoms with Crippen LogP contribution in [-0.2, 0) is 4.79 Å². The summed E-state index contributed by atoms with van der Waals surface area (Å²) in [7, 11) is 0. The number of carbonyl (C=O) groups excluding carboxylic acids is 2. The average molecular weight is 382 g/mol. The zero-order chi connectivity index (χ0) is 20.7. The number of nitrogens with one attached hydrogen (secondary N) is 1. The lowest BCUT2D eigenvalue weighted by atomic mass is 10.1. The molecule has 5 nitrogen and oxygen atoms in total. The van der Waals surface area contributed by atoms with Gasteiger partial charge < -0.3 is 15.1 Å². The quantitative estimate of drug-likeness (QED) is 0.754. The lowest BCUT2D eigenvalue weighted by Crippen LogP contribution is -2.37. The molecule has 0 bridgehead atoms. The van der Waals surface area contributed by atoms with E-state index in [1.54, 1.807) is 11.8 Å². The lowest BCUT2D eigenvalue weighted by molar-refractivity contribution is -0.116. The highest BCUT2D eigenvalue weighted by molar-refractivity contribution is 5.95. The largest absolute Gasteiger partial charge is 0.372 e. The molecule has 0 aliphatic rings. The number of anilines is 2. The van der Waals surface area contributed by atoms with Gasteiger partial charge in [0.1, 0.15) is 0 Å². The second kappa shape index (κ2) is 9.93. The Morgan fingerprint density at radius 1 is 0.893 bits per heavy atom. The second-order valence-electron chi connectivity index (χ2n) is 6.91. The Kier molecular flexibility index (Phi) is 7.61. The van der Waals surface area contributed by atoms with E-state index >= 15 is 0 Å². The third-order valence-corrected chi connectivity index (χ3v) is 5.06. The van der Waals surface area contributed by atoms with Crippen molar-refractivity contribution in [2.45, 2.75) is 34.6 Å². The van der Waals surface area contributed by atoms with Gasteiger partial charge in [0.15, 0.2) is 0 Å². The first kappa shape index (κ1) is 21.5. The van der Waals surface area contributed by atoms with Gasteiger partial charge in [0.25, 0.3) is 5.91 Å². The van der Waals surface area contributed by atoms with E-state index in [4.69, 9.17) is 0 Å². The third kappa shape index (κ3) is 5.35. The summed E-state index contributed by atoms with van der Waals surface area (Å²) in [6, 6.07) is 13.6. The van der Waals surface area contributed by atoms with Crippen LogP contribution in [-0.4, -0.2) is 38.0 Å². The number of hydrogen-bond donors (Lipinski definition) is 1. The fourth-order valence-corrected chi connectivity index (χ4v) is 3.17. The maximum absolute atomic E-state index is 12.4. The van der Waals surface area contributed by atoms with Gasteiger partial charge in [-0.15, -0.1) is 0 Å². The molecule has 1 N–H and O–H groups in total. The zero-order valence-electron chi connectivity index (χ0n) is 17.6. The summed E-state index contributed by atoms with van der Waals surface area (Å²) in [6.07, 6.45) is 0.